The second kappa shape index (κ2) is 9.54. The van der Waals surface area contributed by atoms with Crippen LogP contribution in [-0.4, -0.2) is 47.5 Å². The molecular weight excluding hydrogens is 406 g/mol. The Kier molecular flexibility index (Phi) is 6.58. The monoisotopic (exact) mass is 437 g/mol. The van der Waals surface area contributed by atoms with E-state index in [0.29, 0.717) is 30.8 Å². The standard InChI is InChI=1S/C24H31N5O3/c1-16-17(2)25-24(27-23(16)32)28-13-11-19(12-14-28)26-21(30)8-5-9-22(31)29-15-10-18-6-3-4-7-20(18)29/h3-4,6-7,19H,5,8-15H2,1-2H3,(H,26,30)(H,25,27,32). The molecule has 0 atom stereocenters. The van der Waals surface area contributed by atoms with Gasteiger partial charge in [0, 0.05) is 55.5 Å². The summed E-state index contributed by atoms with van der Waals surface area (Å²) in [5.41, 5.74) is 3.50. The normalized spacial score (nSPS) is 16.2. The number of nitrogens with zero attached hydrogens (tertiary/aromatic N) is 3. The van der Waals surface area contributed by atoms with E-state index in [9.17, 15) is 14.4 Å². The van der Waals surface area contributed by atoms with Crippen molar-refractivity contribution in [3.05, 3.63) is 51.4 Å². The summed E-state index contributed by atoms with van der Waals surface area (Å²) in [7, 11) is 0. The summed E-state index contributed by atoms with van der Waals surface area (Å²) >= 11 is 0. The summed E-state index contributed by atoms with van der Waals surface area (Å²) in [6.45, 7) is 5.79. The van der Waals surface area contributed by atoms with E-state index in [1.807, 2.05) is 30.0 Å². The number of hydrogen-bond donors (Lipinski definition) is 2. The molecule has 0 spiro atoms. The fraction of sp³-hybridized carbons (Fsp3) is 0.500. The molecule has 170 valence electrons. The number of carbonyl (C=O) groups is 2. The number of aromatic amines is 1. The van der Waals surface area contributed by atoms with Crippen molar-refractivity contribution in [2.24, 2.45) is 0 Å². The van der Waals surface area contributed by atoms with Crippen LogP contribution in [0.5, 0.6) is 0 Å². The van der Waals surface area contributed by atoms with Gasteiger partial charge in [0.1, 0.15) is 0 Å². The minimum atomic E-state index is -0.102. The van der Waals surface area contributed by atoms with Crippen LogP contribution in [0.2, 0.25) is 0 Å². The number of para-hydroxylation sites is 1. The first-order valence-corrected chi connectivity index (χ1v) is 11.4. The average molecular weight is 438 g/mol. The summed E-state index contributed by atoms with van der Waals surface area (Å²) in [6, 6.07) is 8.12. The maximum Gasteiger partial charge on any atom is 0.255 e. The van der Waals surface area contributed by atoms with Gasteiger partial charge in [0.15, 0.2) is 0 Å². The van der Waals surface area contributed by atoms with Gasteiger partial charge in [0.05, 0.1) is 0 Å². The molecule has 2 aliphatic rings. The smallest absolute Gasteiger partial charge is 0.255 e. The molecule has 0 aliphatic carbocycles. The van der Waals surface area contributed by atoms with Crippen molar-refractivity contribution in [1.29, 1.82) is 0 Å². The Bertz CT molecular complexity index is 1060. The average Bonchev–Trinajstić information content (AvgIpc) is 3.22. The van der Waals surface area contributed by atoms with Crippen LogP contribution < -0.4 is 20.7 Å². The maximum absolute atomic E-state index is 12.6. The van der Waals surface area contributed by atoms with E-state index in [4.69, 9.17) is 0 Å². The number of carbonyl (C=O) groups excluding carboxylic acids is 2. The molecule has 4 rings (SSSR count). The largest absolute Gasteiger partial charge is 0.353 e. The van der Waals surface area contributed by atoms with Gasteiger partial charge in [-0.1, -0.05) is 18.2 Å². The number of anilines is 2. The number of piperidine rings is 1. The Labute approximate surface area is 188 Å². The summed E-state index contributed by atoms with van der Waals surface area (Å²) in [4.78, 5) is 48.2. The predicted octanol–water partition coefficient (Wildman–Crippen LogP) is 2.23. The third-order valence-electron chi connectivity index (χ3n) is 6.52. The van der Waals surface area contributed by atoms with Crippen LogP contribution in [0, 0.1) is 13.8 Å². The van der Waals surface area contributed by atoms with Crippen LogP contribution in [0.25, 0.3) is 0 Å². The molecule has 0 saturated carbocycles. The highest BCUT2D eigenvalue weighted by Gasteiger charge is 2.25. The number of rotatable bonds is 6. The van der Waals surface area contributed by atoms with Crippen molar-refractivity contribution in [2.45, 2.75) is 58.4 Å². The molecule has 3 heterocycles. The van der Waals surface area contributed by atoms with Crippen LogP contribution in [-0.2, 0) is 16.0 Å². The van der Waals surface area contributed by atoms with Crippen LogP contribution in [0.3, 0.4) is 0 Å². The Morgan fingerprint density at radius 2 is 1.88 bits per heavy atom. The number of fused-ring (bicyclic) bond motifs is 1. The quantitative estimate of drug-likeness (QED) is 0.722. The lowest BCUT2D eigenvalue weighted by Crippen LogP contribution is -2.45. The Morgan fingerprint density at radius 1 is 1.12 bits per heavy atom. The Morgan fingerprint density at radius 3 is 2.62 bits per heavy atom. The van der Waals surface area contributed by atoms with E-state index in [1.54, 1.807) is 6.92 Å². The molecule has 0 bridgehead atoms. The van der Waals surface area contributed by atoms with Crippen molar-refractivity contribution in [3.8, 4) is 0 Å². The number of aromatic nitrogens is 2. The number of amides is 2. The fourth-order valence-corrected chi connectivity index (χ4v) is 4.45. The van der Waals surface area contributed by atoms with Gasteiger partial charge in [0.25, 0.3) is 5.56 Å². The third kappa shape index (κ3) is 4.84. The zero-order valence-electron chi connectivity index (χ0n) is 18.8. The van der Waals surface area contributed by atoms with Gasteiger partial charge in [-0.25, -0.2) is 4.98 Å². The number of aryl methyl sites for hydroxylation is 1. The van der Waals surface area contributed by atoms with Gasteiger partial charge < -0.3 is 15.1 Å². The lowest BCUT2D eigenvalue weighted by molar-refractivity contribution is -0.122. The van der Waals surface area contributed by atoms with Gasteiger partial charge in [-0.05, 0) is 51.2 Å². The fourth-order valence-electron chi connectivity index (χ4n) is 4.45. The van der Waals surface area contributed by atoms with Crippen molar-refractivity contribution in [2.75, 3.05) is 29.4 Å². The maximum atomic E-state index is 12.6. The van der Waals surface area contributed by atoms with Crippen molar-refractivity contribution < 1.29 is 9.59 Å². The molecule has 8 heteroatoms. The van der Waals surface area contributed by atoms with E-state index in [2.05, 4.69) is 26.3 Å². The molecule has 2 aliphatic heterocycles. The molecule has 1 fully saturated rings. The Balaban J connectivity index is 1.19. The van der Waals surface area contributed by atoms with E-state index in [1.165, 1.54) is 5.56 Å². The molecule has 0 radical (unpaired) electrons. The molecular formula is C24H31N5O3. The van der Waals surface area contributed by atoms with Crippen molar-refractivity contribution in [3.63, 3.8) is 0 Å². The summed E-state index contributed by atoms with van der Waals surface area (Å²) in [5, 5.41) is 3.10. The molecule has 2 N–H and O–H groups in total. The molecule has 32 heavy (non-hydrogen) atoms. The molecule has 2 aromatic rings. The van der Waals surface area contributed by atoms with Crippen molar-refractivity contribution >= 4 is 23.5 Å². The van der Waals surface area contributed by atoms with E-state index in [0.717, 1.165) is 50.3 Å². The van der Waals surface area contributed by atoms with Crippen LogP contribution >= 0.6 is 0 Å². The summed E-state index contributed by atoms with van der Waals surface area (Å²) in [5.74, 6) is 0.687. The number of nitrogens with one attached hydrogen (secondary N) is 2. The van der Waals surface area contributed by atoms with E-state index in [-0.39, 0.29) is 23.4 Å². The SMILES string of the molecule is Cc1nc(N2CCC(NC(=O)CCCC(=O)N3CCc4ccccc43)CC2)[nH]c(=O)c1C. The van der Waals surface area contributed by atoms with Crippen LogP contribution in [0.1, 0.15) is 48.9 Å². The molecule has 1 aromatic heterocycles. The lowest BCUT2D eigenvalue weighted by Gasteiger charge is -2.32. The Hall–Kier alpha value is -3.16. The number of hydrogen-bond acceptors (Lipinski definition) is 5. The van der Waals surface area contributed by atoms with E-state index >= 15 is 0 Å². The highest BCUT2D eigenvalue weighted by Crippen LogP contribution is 2.28. The lowest BCUT2D eigenvalue weighted by atomic mass is 10.0. The minimum Gasteiger partial charge on any atom is -0.353 e. The zero-order valence-corrected chi connectivity index (χ0v) is 18.8. The third-order valence-corrected chi connectivity index (χ3v) is 6.52. The second-order valence-electron chi connectivity index (χ2n) is 8.71. The zero-order chi connectivity index (χ0) is 22.7. The van der Waals surface area contributed by atoms with Crippen molar-refractivity contribution in [1.82, 2.24) is 15.3 Å². The molecule has 2 amide bonds. The predicted molar refractivity (Wildman–Crippen MR) is 124 cm³/mol. The molecule has 0 unspecified atom stereocenters. The van der Waals surface area contributed by atoms with Gasteiger partial charge >= 0.3 is 0 Å². The minimum absolute atomic E-state index is 0.00390. The summed E-state index contributed by atoms with van der Waals surface area (Å²) in [6.07, 6.45) is 3.78. The van der Waals surface area contributed by atoms with E-state index < -0.39 is 0 Å². The second-order valence-corrected chi connectivity index (χ2v) is 8.71. The first kappa shape index (κ1) is 22.0. The highest BCUT2D eigenvalue weighted by atomic mass is 16.2. The highest BCUT2D eigenvalue weighted by molar-refractivity contribution is 5.95. The van der Waals surface area contributed by atoms with Crippen LogP contribution in [0.15, 0.2) is 29.1 Å². The molecule has 1 saturated heterocycles. The summed E-state index contributed by atoms with van der Waals surface area (Å²) < 4.78 is 0. The van der Waals surface area contributed by atoms with Gasteiger partial charge in [-0.15, -0.1) is 0 Å². The van der Waals surface area contributed by atoms with Gasteiger partial charge in [-0.2, -0.15) is 0 Å². The number of H-pyrrole nitrogens is 1. The van der Waals surface area contributed by atoms with Gasteiger partial charge in [-0.3, -0.25) is 19.4 Å². The molecule has 1 aromatic carbocycles. The topological polar surface area (TPSA) is 98.4 Å². The first-order valence-electron chi connectivity index (χ1n) is 11.4. The van der Waals surface area contributed by atoms with Crippen LogP contribution in [0.4, 0.5) is 11.6 Å². The van der Waals surface area contributed by atoms with Gasteiger partial charge in [0.2, 0.25) is 17.8 Å². The first-order chi connectivity index (χ1) is 15.4. The number of benzene rings is 1. The molecule has 8 nitrogen and oxygen atoms in total.